The Morgan fingerprint density at radius 2 is 1.97 bits per heavy atom. The highest BCUT2D eigenvalue weighted by molar-refractivity contribution is 5.79. The zero-order valence-electron chi connectivity index (χ0n) is 19.9. The van der Waals surface area contributed by atoms with Crippen molar-refractivity contribution in [3.63, 3.8) is 0 Å². The number of hydrogen-bond donors (Lipinski definition) is 2. The highest BCUT2D eigenvalue weighted by atomic mass is 16.5. The molecule has 3 rings (SSSR count). The molecule has 0 radical (unpaired) electrons. The van der Waals surface area contributed by atoms with Crippen LogP contribution in [0.4, 0.5) is 0 Å². The first kappa shape index (κ1) is 26.2. The van der Waals surface area contributed by atoms with Crippen molar-refractivity contribution >= 4 is 11.9 Å². The van der Waals surface area contributed by atoms with E-state index in [1.807, 2.05) is 35.2 Å². The van der Waals surface area contributed by atoms with Gasteiger partial charge in [-0.15, -0.1) is 0 Å². The molecule has 1 unspecified atom stereocenters. The first-order valence-corrected chi connectivity index (χ1v) is 12.4. The van der Waals surface area contributed by atoms with Crippen molar-refractivity contribution in [2.24, 2.45) is 0 Å². The number of aliphatic hydroxyl groups is 1. The van der Waals surface area contributed by atoms with Crippen molar-refractivity contribution in [1.29, 1.82) is 0 Å². The van der Waals surface area contributed by atoms with E-state index in [-0.39, 0.29) is 18.4 Å². The molecule has 8 heteroatoms. The van der Waals surface area contributed by atoms with E-state index < -0.39 is 12.1 Å². The van der Waals surface area contributed by atoms with E-state index in [0.717, 1.165) is 69.8 Å². The molecule has 2 aliphatic heterocycles. The lowest BCUT2D eigenvalue weighted by atomic mass is 10.1. The zero-order valence-corrected chi connectivity index (χ0v) is 19.9. The van der Waals surface area contributed by atoms with Gasteiger partial charge in [-0.3, -0.25) is 14.5 Å². The fourth-order valence-corrected chi connectivity index (χ4v) is 4.41. The number of carbonyl (C=O) groups excluding carboxylic acids is 1. The quantitative estimate of drug-likeness (QED) is 0.316. The normalized spacial score (nSPS) is 20.2. The summed E-state index contributed by atoms with van der Waals surface area (Å²) in [5, 5.41) is 19.4. The van der Waals surface area contributed by atoms with E-state index in [4.69, 9.17) is 14.6 Å². The average Bonchev–Trinajstić information content (AvgIpc) is 3.19. The number of likely N-dealkylation sites (tertiary alicyclic amines) is 1. The van der Waals surface area contributed by atoms with Gasteiger partial charge in [-0.05, 0) is 37.0 Å². The van der Waals surface area contributed by atoms with Gasteiger partial charge in [-0.2, -0.15) is 0 Å². The third-order valence-electron chi connectivity index (χ3n) is 6.41. The van der Waals surface area contributed by atoms with Crippen LogP contribution in [0.1, 0.15) is 56.6 Å². The minimum atomic E-state index is -0.767. The SMILES string of the molecule is O=C(O)CCCCCCN1C(=O)CC[C@@H]1/C=C/C(O)c1cccc(OCCN2CCOCC2)c1. The molecule has 0 bridgehead atoms. The molecule has 34 heavy (non-hydrogen) atoms. The van der Waals surface area contributed by atoms with Gasteiger partial charge in [0.05, 0.1) is 25.4 Å². The van der Waals surface area contributed by atoms with Crippen LogP contribution in [0.5, 0.6) is 5.75 Å². The number of amides is 1. The average molecular weight is 475 g/mol. The Morgan fingerprint density at radius 3 is 2.76 bits per heavy atom. The van der Waals surface area contributed by atoms with Crippen molar-refractivity contribution in [2.45, 2.75) is 57.1 Å². The lowest BCUT2D eigenvalue weighted by Gasteiger charge is -2.26. The standard InChI is InChI=1S/C26H38N2O6/c29-24(21-6-5-7-23(20-21)34-19-16-27-14-17-33-18-15-27)11-9-22-10-12-25(30)28(22)13-4-2-1-3-8-26(31)32/h5-7,9,11,20,22,24,29H,1-4,8,10,12-19H2,(H,31,32)/b11-9+/t22-,24?/m0/s1. The van der Waals surface area contributed by atoms with Crippen molar-refractivity contribution < 1.29 is 29.3 Å². The lowest BCUT2D eigenvalue weighted by molar-refractivity contribution is -0.137. The zero-order chi connectivity index (χ0) is 24.2. The third-order valence-corrected chi connectivity index (χ3v) is 6.41. The number of benzene rings is 1. The lowest BCUT2D eigenvalue weighted by Crippen LogP contribution is -2.38. The summed E-state index contributed by atoms with van der Waals surface area (Å²) < 4.78 is 11.3. The Labute approximate surface area is 202 Å². The number of aliphatic hydroxyl groups excluding tert-OH is 1. The number of carboxylic acids is 1. The summed E-state index contributed by atoms with van der Waals surface area (Å²) in [6.45, 7) is 5.50. The number of carboxylic acid groups (broad SMARTS) is 1. The maximum atomic E-state index is 12.3. The van der Waals surface area contributed by atoms with E-state index in [9.17, 15) is 14.7 Å². The smallest absolute Gasteiger partial charge is 0.303 e. The van der Waals surface area contributed by atoms with Crippen LogP contribution in [0.2, 0.25) is 0 Å². The highest BCUT2D eigenvalue weighted by Gasteiger charge is 2.28. The number of hydrogen-bond acceptors (Lipinski definition) is 6. The third kappa shape index (κ3) is 8.74. The van der Waals surface area contributed by atoms with E-state index >= 15 is 0 Å². The Bertz CT molecular complexity index is 808. The van der Waals surface area contributed by atoms with Crippen LogP contribution >= 0.6 is 0 Å². The summed E-state index contributed by atoms with van der Waals surface area (Å²) in [5.41, 5.74) is 0.759. The topological polar surface area (TPSA) is 99.5 Å². The minimum absolute atomic E-state index is 0.00544. The van der Waals surface area contributed by atoms with Crippen molar-refractivity contribution in [3.05, 3.63) is 42.0 Å². The predicted molar refractivity (Wildman–Crippen MR) is 129 cm³/mol. The van der Waals surface area contributed by atoms with Gasteiger partial charge in [0, 0.05) is 39.0 Å². The molecular weight excluding hydrogens is 436 g/mol. The Morgan fingerprint density at radius 1 is 1.18 bits per heavy atom. The molecule has 1 aromatic carbocycles. The van der Waals surface area contributed by atoms with Gasteiger partial charge in [0.2, 0.25) is 5.91 Å². The molecule has 0 aromatic heterocycles. The Kier molecular flexibility index (Phi) is 10.9. The second-order valence-electron chi connectivity index (χ2n) is 8.96. The first-order chi connectivity index (χ1) is 16.5. The maximum Gasteiger partial charge on any atom is 0.303 e. The van der Waals surface area contributed by atoms with E-state index in [1.165, 1.54) is 0 Å². The number of aliphatic carboxylic acids is 1. The van der Waals surface area contributed by atoms with Crippen molar-refractivity contribution in [3.8, 4) is 5.75 Å². The van der Waals surface area contributed by atoms with Gasteiger partial charge in [-0.25, -0.2) is 0 Å². The molecular formula is C26H38N2O6. The molecule has 1 amide bonds. The van der Waals surface area contributed by atoms with Gasteiger partial charge >= 0.3 is 5.97 Å². The van der Waals surface area contributed by atoms with Crippen molar-refractivity contribution in [1.82, 2.24) is 9.80 Å². The molecule has 188 valence electrons. The summed E-state index contributed by atoms with van der Waals surface area (Å²) in [7, 11) is 0. The summed E-state index contributed by atoms with van der Waals surface area (Å²) in [5.74, 6) is 0.118. The predicted octanol–water partition coefficient (Wildman–Crippen LogP) is 3.01. The monoisotopic (exact) mass is 474 g/mol. The van der Waals surface area contributed by atoms with Crippen LogP contribution in [-0.2, 0) is 14.3 Å². The van der Waals surface area contributed by atoms with Gasteiger partial charge < -0.3 is 24.6 Å². The number of nitrogens with zero attached hydrogens (tertiary/aromatic N) is 2. The van der Waals surface area contributed by atoms with Crippen LogP contribution in [0.25, 0.3) is 0 Å². The van der Waals surface area contributed by atoms with Gasteiger partial charge in [0.15, 0.2) is 0 Å². The summed E-state index contributed by atoms with van der Waals surface area (Å²) in [4.78, 5) is 27.1. The Balaban J connectivity index is 1.44. The van der Waals surface area contributed by atoms with Crippen molar-refractivity contribution in [2.75, 3.05) is 46.0 Å². The van der Waals surface area contributed by atoms with Gasteiger partial charge in [-0.1, -0.05) is 37.1 Å². The highest BCUT2D eigenvalue weighted by Crippen LogP contribution is 2.24. The summed E-state index contributed by atoms with van der Waals surface area (Å²) >= 11 is 0. The first-order valence-electron chi connectivity index (χ1n) is 12.4. The molecule has 2 atom stereocenters. The molecule has 2 heterocycles. The minimum Gasteiger partial charge on any atom is -0.492 e. The van der Waals surface area contributed by atoms with Crippen LogP contribution in [-0.4, -0.2) is 83.9 Å². The van der Waals surface area contributed by atoms with Gasteiger partial charge in [0.25, 0.3) is 0 Å². The molecule has 2 aliphatic rings. The molecule has 0 aliphatic carbocycles. The molecule has 2 fully saturated rings. The van der Waals surface area contributed by atoms with E-state index in [1.54, 1.807) is 6.08 Å². The van der Waals surface area contributed by atoms with Crippen LogP contribution in [0.3, 0.4) is 0 Å². The second-order valence-corrected chi connectivity index (χ2v) is 8.96. The fraction of sp³-hybridized carbons (Fsp3) is 0.615. The molecule has 1 aromatic rings. The largest absolute Gasteiger partial charge is 0.492 e. The second kappa shape index (κ2) is 14.1. The number of ether oxygens (including phenoxy) is 2. The summed E-state index contributed by atoms with van der Waals surface area (Å²) in [6.07, 6.45) is 7.72. The molecule has 0 saturated carbocycles. The number of rotatable bonds is 14. The number of unbranched alkanes of at least 4 members (excludes halogenated alkanes) is 3. The Hall–Kier alpha value is -2.42. The van der Waals surface area contributed by atoms with Crippen LogP contribution in [0, 0.1) is 0 Å². The summed E-state index contributed by atoms with van der Waals surface area (Å²) in [6, 6.07) is 7.51. The van der Waals surface area contributed by atoms with Crippen LogP contribution < -0.4 is 4.74 Å². The van der Waals surface area contributed by atoms with E-state index in [0.29, 0.717) is 26.0 Å². The molecule has 0 spiro atoms. The fourth-order valence-electron chi connectivity index (χ4n) is 4.41. The molecule has 2 saturated heterocycles. The maximum absolute atomic E-state index is 12.3. The molecule has 2 N–H and O–H groups in total. The van der Waals surface area contributed by atoms with Crippen LogP contribution in [0.15, 0.2) is 36.4 Å². The number of carbonyl (C=O) groups is 2. The number of morpholine rings is 1. The molecule has 8 nitrogen and oxygen atoms in total. The van der Waals surface area contributed by atoms with E-state index in [2.05, 4.69) is 4.90 Å². The van der Waals surface area contributed by atoms with Gasteiger partial charge in [0.1, 0.15) is 12.4 Å².